The zero-order valence-electron chi connectivity index (χ0n) is 14.0. The van der Waals surface area contributed by atoms with Gasteiger partial charge in [-0.15, -0.1) is 0 Å². The van der Waals surface area contributed by atoms with E-state index in [0.717, 1.165) is 10.0 Å². The maximum absolute atomic E-state index is 5.94. The molecule has 0 aliphatic heterocycles. The Balaban J connectivity index is 1.61. The zero-order chi connectivity index (χ0) is 17.1. The fraction of sp³-hybridized carbons (Fsp3) is 0.227. The van der Waals surface area contributed by atoms with Crippen molar-refractivity contribution in [1.82, 2.24) is 4.98 Å². The number of hydrogen-bond acceptors (Lipinski definition) is 2. The smallest absolute Gasteiger partial charge is 0.213 e. The Morgan fingerprint density at radius 1 is 0.920 bits per heavy atom. The van der Waals surface area contributed by atoms with E-state index in [1.54, 1.807) is 0 Å². The number of rotatable bonds is 5. The summed E-state index contributed by atoms with van der Waals surface area (Å²) < 4.78 is 7.04. The Hall–Kier alpha value is -2.13. The molecule has 4 rings (SSSR count). The monoisotopic (exact) mass is 393 g/mol. The molecule has 0 atom stereocenters. The number of nitrogens with zero attached hydrogens (tertiary/aromatic N) is 1. The number of pyridine rings is 1. The van der Waals surface area contributed by atoms with E-state index in [1.807, 2.05) is 24.3 Å². The molecule has 25 heavy (non-hydrogen) atoms. The fourth-order valence-electron chi connectivity index (χ4n) is 3.13. The third-order valence-corrected chi connectivity index (χ3v) is 5.30. The van der Waals surface area contributed by atoms with Gasteiger partial charge in [-0.2, -0.15) is 0 Å². The maximum atomic E-state index is 5.94. The number of benzene rings is 2. The minimum Gasteiger partial charge on any atom is -0.473 e. The van der Waals surface area contributed by atoms with Crippen LogP contribution in [-0.4, -0.2) is 4.98 Å². The van der Waals surface area contributed by atoms with Crippen LogP contribution in [-0.2, 0) is 6.61 Å². The van der Waals surface area contributed by atoms with Crippen molar-refractivity contribution in [1.29, 1.82) is 0 Å². The van der Waals surface area contributed by atoms with Gasteiger partial charge in [0.2, 0.25) is 5.88 Å². The molecule has 0 N–H and O–H groups in total. The number of ether oxygens (including phenoxy) is 1. The second-order valence-corrected chi connectivity index (χ2v) is 7.41. The molecule has 0 spiro atoms. The van der Waals surface area contributed by atoms with Gasteiger partial charge < -0.3 is 4.74 Å². The molecule has 0 bridgehead atoms. The minimum absolute atomic E-state index is 0.551. The van der Waals surface area contributed by atoms with Gasteiger partial charge in [-0.25, -0.2) is 4.98 Å². The second kappa shape index (κ2) is 7.40. The zero-order valence-corrected chi connectivity index (χ0v) is 15.6. The summed E-state index contributed by atoms with van der Waals surface area (Å²) in [6, 6.07) is 22.8. The molecule has 2 nitrogen and oxygen atoms in total. The van der Waals surface area contributed by atoms with Crippen molar-refractivity contribution in [2.75, 3.05) is 0 Å². The average Bonchev–Trinajstić information content (AvgIpc) is 2.61. The van der Waals surface area contributed by atoms with Crippen molar-refractivity contribution >= 4 is 15.9 Å². The SMILES string of the molecule is Brc1ccc(-c2ccc(OCc3ccccc3)nc2C2CCC2)cc1. The minimum atomic E-state index is 0.551. The van der Waals surface area contributed by atoms with Crippen LogP contribution in [0.3, 0.4) is 0 Å². The predicted octanol–water partition coefficient (Wildman–Crippen LogP) is 6.36. The van der Waals surface area contributed by atoms with E-state index in [9.17, 15) is 0 Å². The first-order valence-corrected chi connectivity index (χ1v) is 9.52. The number of halogens is 1. The molecule has 3 aromatic rings. The van der Waals surface area contributed by atoms with E-state index < -0.39 is 0 Å². The Morgan fingerprint density at radius 3 is 2.36 bits per heavy atom. The summed E-state index contributed by atoms with van der Waals surface area (Å²) in [4.78, 5) is 4.87. The summed E-state index contributed by atoms with van der Waals surface area (Å²) in [6.45, 7) is 0.551. The third-order valence-electron chi connectivity index (χ3n) is 4.78. The topological polar surface area (TPSA) is 22.1 Å². The molecule has 1 heterocycles. The van der Waals surface area contributed by atoms with Crippen molar-refractivity contribution in [3.63, 3.8) is 0 Å². The lowest BCUT2D eigenvalue weighted by atomic mass is 9.80. The quantitative estimate of drug-likeness (QED) is 0.503. The first-order chi connectivity index (χ1) is 12.3. The van der Waals surface area contributed by atoms with Gasteiger partial charge in [0.05, 0.1) is 5.69 Å². The Bertz CT molecular complexity index is 842. The van der Waals surface area contributed by atoms with Crippen LogP contribution in [0.15, 0.2) is 71.2 Å². The van der Waals surface area contributed by atoms with Crippen LogP contribution in [0, 0.1) is 0 Å². The highest BCUT2D eigenvalue weighted by molar-refractivity contribution is 9.10. The summed E-state index contributed by atoms with van der Waals surface area (Å²) in [5.74, 6) is 1.27. The van der Waals surface area contributed by atoms with E-state index in [-0.39, 0.29) is 0 Å². The molecule has 126 valence electrons. The molecule has 1 aromatic heterocycles. The first kappa shape index (κ1) is 16.3. The predicted molar refractivity (Wildman–Crippen MR) is 105 cm³/mol. The summed E-state index contributed by atoms with van der Waals surface area (Å²) in [5.41, 5.74) is 4.78. The van der Waals surface area contributed by atoms with Crippen LogP contribution in [0.5, 0.6) is 5.88 Å². The molecule has 0 amide bonds. The molecule has 1 fully saturated rings. The van der Waals surface area contributed by atoms with Crippen LogP contribution in [0.2, 0.25) is 0 Å². The summed E-state index contributed by atoms with van der Waals surface area (Å²) in [7, 11) is 0. The number of aromatic nitrogens is 1. The van der Waals surface area contributed by atoms with Gasteiger partial charge >= 0.3 is 0 Å². The lowest BCUT2D eigenvalue weighted by molar-refractivity contribution is 0.290. The van der Waals surface area contributed by atoms with E-state index >= 15 is 0 Å². The lowest BCUT2D eigenvalue weighted by Gasteiger charge is -2.27. The molecule has 3 heteroatoms. The van der Waals surface area contributed by atoms with Gasteiger partial charge in [0.1, 0.15) is 6.61 Å². The second-order valence-electron chi connectivity index (χ2n) is 6.49. The molecule has 1 saturated carbocycles. The molecular weight excluding hydrogens is 374 g/mol. The van der Waals surface area contributed by atoms with Crippen LogP contribution < -0.4 is 4.74 Å². The molecule has 0 unspecified atom stereocenters. The highest BCUT2D eigenvalue weighted by atomic mass is 79.9. The summed E-state index contributed by atoms with van der Waals surface area (Å²) >= 11 is 3.51. The van der Waals surface area contributed by atoms with Crippen molar-refractivity contribution in [2.24, 2.45) is 0 Å². The lowest BCUT2D eigenvalue weighted by Crippen LogP contribution is -2.12. The molecule has 0 radical (unpaired) electrons. The van der Waals surface area contributed by atoms with Crippen molar-refractivity contribution < 1.29 is 4.74 Å². The normalized spacial score (nSPS) is 14.1. The van der Waals surface area contributed by atoms with E-state index in [0.29, 0.717) is 18.4 Å². The highest BCUT2D eigenvalue weighted by Gasteiger charge is 2.24. The van der Waals surface area contributed by atoms with E-state index in [4.69, 9.17) is 9.72 Å². The molecule has 2 aromatic carbocycles. The third kappa shape index (κ3) is 3.77. The average molecular weight is 394 g/mol. The molecule has 1 aliphatic carbocycles. The molecule has 1 aliphatic rings. The highest BCUT2D eigenvalue weighted by Crippen LogP contribution is 2.41. The van der Waals surface area contributed by atoms with E-state index in [2.05, 4.69) is 58.4 Å². The van der Waals surface area contributed by atoms with Gasteiger partial charge in [0, 0.05) is 22.0 Å². The summed E-state index contributed by atoms with van der Waals surface area (Å²) in [6.07, 6.45) is 3.73. The van der Waals surface area contributed by atoms with Gasteiger partial charge in [0.15, 0.2) is 0 Å². The van der Waals surface area contributed by atoms with Crippen molar-refractivity contribution in [2.45, 2.75) is 31.8 Å². The molecular formula is C22H20BrNO. The Morgan fingerprint density at radius 2 is 1.68 bits per heavy atom. The van der Waals surface area contributed by atoms with Crippen molar-refractivity contribution in [3.8, 4) is 17.0 Å². The van der Waals surface area contributed by atoms with Crippen molar-refractivity contribution in [3.05, 3.63) is 82.5 Å². The fourth-order valence-corrected chi connectivity index (χ4v) is 3.40. The first-order valence-electron chi connectivity index (χ1n) is 8.73. The van der Waals surface area contributed by atoms with Crippen LogP contribution >= 0.6 is 15.9 Å². The Kier molecular flexibility index (Phi) is 4.84. The largest absolute Gasteiger partial charge is 0.473 e. The van der Waals surface area contributed by atoms with Gasteiger partial charge in [-0.05, 0) is 42.2 Å². The van der Waals surface area contributed by atoms with Crippen LogP contribution in [0.25, 0.3) is 11.1 Å². The van der Waals surface area contributed by atoms with Gasteiger partial charge in [-0.1, -0.05) is 64.8 Å². The van der Waals surface area contributed by atoms with Gasteiger partial charge in [-0.3, -0.25) is 0 Å². The molecule has 0 saturated heterocycles. The standard InChI is InChI=1S/C22H20BrNO/c23-19-11-9-17(10-12-19)20-13-14-21(24-22(20)18-7-4-8-18)25-15-16-5-2-1-3-6-16/h1-3,5-6,9-14,18H,4,7-8,15H2. The van der Waals surface area contributed by atoms with Gasteiger partial charge in [0.25, 0.3) is 0 Å². The van der Waals surface area contributed by atoms with Crippen LogP contribution in [0.4, 0.5) is 0 Å². The van der Waals surface area contributed by atoms with E-state index in [1.165, 1.54) is 36.1 Å². The van der Waals surface area contributed by atoms with Crippen LogP contribution in [0.1, 0.15) is 36.4 Å². The summed E-state index contributed by atoms with van der Waals surface area (Å²) in [5, 5.41) is 0. The number of hydrogen-bond donors (Lipinski definition) is 0. The maximum Gasteiger partial charge on any atom is 0.213 e. The Labute approximate surface area is 157 Å².